The Morgan fingerprint density at radius 2 is 1.30 bits per heavy atom. The zero-order chi connectivity index (χ0) is 37.6. The molecule has 0 aliphatic carbocycles. The van der Waals surface area contributed by atoms with Crippen molar-refractivity contribution in [2.24, 2.45) is 0 Å². The average Bonchev–Trinajstić information content (AvgIpc) is 3.21. The van der Waals surface area contributed by atoms with Crippen LogP contribution in [0.4, 0.5) is 5.82 Å². The van der Waals surface area contributed by atoms with Crippen molar-refractivity contribution in [3.05, 3.63) is 114 Å². The highest BCUT2D eigenvalue weighted by Crippen LogP contribution is 2.34. The Balaban J connectivity index is 1.17. The van der Waals surface area contributed by atoms with Crippen LogP contribution in [0.1, 0.15) is 36.5 Å². The number of rotatable bonds is 24. The Bertz CT molecular complexity index is 1880. The summed E-state index contributed by atoms with van der Waals surface area (Å²) in [5.74, 6) is 1.61. The maximum atomic E-state index is 10.2. The third-order valence-electron chi connectivity index (χ3n) is 8.27. The van der Waals surface area contributed by atoms with Crippen LogP contribution in [0.25, 0.3) is 45.8 Å². The lowest BCUT2D eigenvalue weighted by Crippen LogP contribution is -2.15. The molecule has 0 spiro atoms. The maximum Gasteiger partial charge on any atom is 0.128 e. The first-order valence-electron chi connectivity index (χ1n) is 18.5. The van der Waals surface area contributed by atoms with Crippen LogP contribution in [0.15, 0.2) is 97.5 Å². The van der Waals surface area contributed by atoms with E-state index in [0.29, 0.717) is 72.4 Å². The van der Waals surface area contributed by atoms with Gasteiger partial charge in [-0.25, -0.2) is 4.98 Å². The van der Waals surface area contributed by atoms with Crippen molar-refractivity contribution in [2.45, 2.75) is 26.7 Å². The van der Waals surface area contributed by atoms with E-state index in [1.54, 1.807) is 0 Å². The SMILES string of the molecule is CCCOc1ccccc1-c1ncc(-c2ncc(-c3ccc(NCCOCCOCCOCCOCCC=O)nc3)cc2/C=C/c2ccccc2)cc1C. The molecule has 3 aromatic heterocycles. The second-order valence-electron chi connectivity index (χ2n) is 12.4. The summed E-state index contributed by atoms with van der Waals surface area (Å²) in [5, 5.41) is 3.31. The van der Waals surface area contributed by atoms with Crippen molar-refractivity contribution < 1.29 is 28.5 Å². The Kier molecular flexibility index (Phi) is 16.8. The summed E-state index contributed by atoms with van der Waals surface area (Å²) in [6, 6.07) is 26.6. The fraction of sp³-hybridized carbons (Fsp3) is 0.318. The van der Waals surface area contributed by atoms with Gasteiger partial charge in [0.15, 0.2) is 0 Å². The van der Waals surface area contributed by atoms with E-state index in [0.717, 1.165) is 74.6 Å². The molecule has 282 valence electrons. The average molecular weight is 731 g/mol. The smallest absolute Gasteiger partial charge is 0.128 e. The quantitative estimate of drug-likeness (QED) is 0.0492. The van der Waals surface area contributed by atoms with Crippen molar-refractivity contribution in [2.75, 3.05) is 71.3 Å². The summed E-state index contributed by atoms with van der Waals surface area (Å²) in [6.07, 6.45) is 12.0. The Hall–Kier alpha value is -5.26. The van der Waals surface area contributed by atoms with E-state index in [2.05, 4.69) is 66.6 Å². The molecule has 1 N–H and O–H groups in total. The fourth-order valence-corrected chi connectivity index (χ4v) is 5.56. The van der Waals surface area contributed by atoms with E-state index in [1.807, 2.05) is 67.1 Å². The first-order valence-corrected chi connectivity index (χ1v) is 18.5. The lowest BCUT2D eigenvalue weighted by molar-refractivity contribution is -0.108. The molecule has 0 unspecified atom stereocenters. The second-order valence-corrected chi connectivity index (χ2v) is 12.4. The van der Waals surface area contributed by atoms with Gasteiger partial charge in [0.2, 0.25) is 0 Å². The van der Waals surface area contributed by atoms with Crippen molar-refractivity contribution in [1.29, 1.82) is 0 Å². The lowest BCUT2D eigenvalue weighted by atomic mass is 9.99. The number of ether oxygens (including phenoxy) is 5. The van der Waals surface area contributed by atoms with Gasteiger partial charge in [0.1, 0.15) is 17.9 Å². The number of carbonyl (C=O) groups is 1. The maximum absolute atomic E-state index is 10.2. The fourth-order valence-electron chi connectivity index (χ4n) is 5.56. The summed E-state index contributed by atoms with van der Waals surface area (Å²) in [6.45, 7) is 9.34. The van der Waals surface area contributed by atoms with Gasteiger partial charge in [0.05, 0.1) is 70.8 Å². The van der Waals surface area contributed by atoms with E-state index < -0.39 is 0 Å². The molecular weight excluding hydrogens is 681 g/mol. The molecule has 0 radical (unpaired) electrons. The number of hydrogen-bond acceptors (Lipinski definition) is 10. The molecule has 5 rings (SSSR count). The predicted octanol–water partition coefficient (Wildman–Crippen LogP) is 8.21. The normalized spacial score (nSPS) is 11.2. The Morgan fingerprint density at radius 1 is 0.630 bits per heavy atom. The molecule has 0 atom stereocenters. The number of aromatic nitrogens is 3. The number of nitrogens with one attached hydrogen (secondary N) is 1. The minimum Gasteiger partial charge on any atom is -0.493 e. The largest absolute Gasteiger partial charge is 0.493 e. The molecule has 2 aromatic carbocycles. The number of aldehydes is 1. The van der Waals surface area contributed by atoms with E-state index in [4.69, 9.17) is 33.7 Å². The summed E-state index contributed by atoms with van der Waals surface area (Å²) < 4.78 is 27.9. The number of benzene rings is 2. The van der Waals surface area contributed by atoms with Gasteiger partial charge < -0.3 is 33.8 Å². The van der Waals surface area contributed by atoms with Gasteiger partial charge in [0, 0.05) is 59.4 Å². The van der Waals surface area contributed by atoms with Gasteiger partial charge in [-0.2, -0.15) is 0 Å². The molecule has 0 aliphatic rings. The van der Waals surface area contributed by atoms with Crippen LogP contribution in [-0.4, -0.2) is 87.2 Å². The number of aryl methyl sites for hydroxylation is 1. The molecule has 0 bridgehead atoms. The molecule has 0 amide bonds. The third kappa shape index (κ3) is 12.7. The van der Waals surface area contributed by atoms with Gasteiger partial charge >= 0.3 is 0 Å². The van der Waals surface area contributed by atoms with Crippen LogP contribution in [0.5, 0.6) is 5.75 Å². The van der Waals surface area contributed by atoms with E-state index >= 15 is 0 Å². The molecule has 3 heterocycles. The molecule has 0 saturated heterocycles. The second kappa shape index (κ2) is 22.7. The number of nitrogens with zero attached hydrogens (tertiary/aromatic N) is 3. The van der Waals surface area contributed by atoms with E-state index in [9.17, 15) is 4.79 Å². The zero-order valence-corrected chi connectivity index (χ0v) is 31.2. The lowest BCUT2D eigenvalue weighted by Gasteiger charge is -2.14. The molecule has 0 saturated carbocycles. The monoisotopic (exact) mass is 730 g/mol. The standard InChI is InChI=1S/C44H50N4O6/c1-3-20-54-41-13-8-7-12-40(41)43-34(2)29-39(33-47-43)44-36(15-14-35-10-5-4-6-11-35)30-38(32-48-44)37-16-17-42(46-31-37)45-18-22-51-24-26-53-28-27-52-25-23-50-21-9-19-49/h4-8,10-17,19,29-33H,3,9,18,20-28H2,1-2H3,(H,45,46)/b15-14+. The van der Waals surface area contributed by atoms with Crippen molar-refractivity contribution in [3.8, 4) is 39.4 Å². The molecule has 0 aliphatic heterocycles. The first-order chi connectivity index (χ1) is 26.7. The molecule has 10 nitrogen and oxygen atoms in total. The van der Waals surface area contributed by atoms with Crippen molar-refractivity contribution in [1.82, 2.24) is 15.0 Å². The zero-order valence-electron chi connectivity index (χ0n) is 31.2. The van der Waals surface area contributed by atoms with Crippen LogP contribution in [0, 0.1) is 6.92 Å². The van der Waals surface area contributed by atoms with Crippen LogP contribution >= 0.6 is 0 Å². The summed E-state index contributed by atoms with van der Waals surface area (Å²) in [4.78, 5) is 24.8. The Morgan fingerprint density at radius 3 is 2.00 bits per heavy atom. The van der Waals surface area contributed by atoms with Crippen LogP contribution in [-0.2, 0) is 23.7 Å². The van der Waals surface area contributed by atoms with Crippen LogP contribution in [0.2, 0.25) is 0 Å². The number of carbonyl (C=O) groups excluding carboxylic acids is 1. The number of para-hydroxylation sites is 1. The molecular formula is C44H50N4O6. The van der Waals surface area contributed by atoms with Gasteiger partial charge in [-0.15, -0.1) is 0 Å². The highest BCUT2D eigenvalue weighted by Gasteiger charge is 2.14. The topological polar surface area (TPSA) is 114 Å². The Labute approximate surface area is 318 Å². The number of anilines is 1. The minimum absolute atomic E-state index is 0.409. The van der Waals surface area contributed by atoms with Crippen molar-refractivity contribution >= 4 is 24.3 Å². The summed E-state index contributed by atoms with van der Waals surface area (Å²) in [7, 11) is 0. The van der Waals surface area contributed by atoms with Crippen LogP contribution in [0.3, 0.4) is 0 Å². The molecule has 10 heteroatoms. The van der Waals surface area contributed by atoms with Gasteiger partial charge in [-0.1, -0.05) is 61.5 Å². The highest BCUT2D eigenvalue weighted by atomic mass is 16.6. The summed E-state index contributed by atoms with van der Waals surface area (Å²) >= 11 is 0. The first kappa shape index (κ1) is 39.9. The third-order valence-corrected chi connectivity index (χ3v) is 8.27. The molecule has 5 aromatic rings. The number of hydrogen-bond donors (Lipinski definition) is 1. The van der Waals surface area contributed by atoms with Gasteiger partial charge in [-0.05, 0) is 60.9 Å². The number of pyridine rings is 3. The summed E-state index contributed by atoms with van der Waals surface area (Å²) in [5.41, 5.74) is 8.72. The van der Waals surface area contributed by atoms with Crippen molar-refractivity contribution in [3.63, 3.8) is 0 Å². The van der Waals surface area contributed by atoms with E-state index in [-0.39, 0.29) is 0 Å². The van der Waals surface area contributed by atoms with Gasteiger partial charge in [-0.3, -0.25) is 9.97 Å². The van der Waals surface area contributed by atoms with Crippen LogP contribution < -0.4 is 10.1 Å². The van der Waals surface area contributed by atoms with Gasteiger partial charge in [0.25, 0.3) is 0 Å². The predicted molar refractivity (Wildman–Crippen MR) is 214 cm³/mol. The molecule has 54 heavy (non-hydrogen) atoms. The highest BCUT2D eigenvalue weighted by molar-refractivity contribution is 5.82. The van der Waals surface area contributed by atoms with E-state index in [1.165, 1.54) is 0 Å². The minimum atomic E-state index is 0.409. The molecule has 0 fully saturated rings.